The molecule has 0 aromatic rings. The van der Waals surface area contributed by atoms with Crippen LogP contribution in [0, 0.1) is 0 Å². The summed E-state index contributed by atoms with van der Waals surface area (Å²) in [5.74, 6) is -1.32. The highest BCUT2D eigenvalue weighted by Crippen LogP contribution is 2.15. The van der Waals surface area contributed by atoms with E-state index in [-0.39, 0.29) is 11.5 Å². The van der Waals surface area contributed by atoms with Crippen LogP contribution in [0.1, 0.15) is 32.6 Å². The highest BCUT2D eigenvalue weighted by molar-refractivity contribution is 7.80. The molecule has 0 aromatic heterocycles. The molecular formula is C13H24N4O2S. The monoisotopic (exact) mass is 300 g/mol. The molecular weight excluding hydrogens is 276 g/mol. The number of amides is 2. The van der Waals surface area contributed by atoms with Crippen LogP contribution in [0.2, 0.25) is 0 Å². The van der Waals surface area contributed by atoms with Gasteiger partial charge in [-0.25, -0.2) is 0 Å². The number of nitrogens with zero attached hydrogens (tertiary/aromatic N) is 1. The van der Waals surface area contributed by atoms with E-state index in [9.17, 15) is 9.59 Å². The summed E-state index contributed by atoms with van der Waals surface area (Å²) < 4.78 is 0. The molecule has 20 heavy (non-hydrogen) atoms. The van der Waals surface area contributed by atoms with Crippen molar-refractivity contribution >= 4 is 29.0 Å². The zero-order valence-corrected chi connectivity index (χ0v) is 12.8. The Labute approximate surface area is 125 Å². The Kier molecular flexibility index (Phi) is 7.46. The Morgan fingerprint density at radius 2 is 2.00 bits per heavy atom. The lowest BCUT2D eigenvalue weighted by Crippen LogP contribution is -2.44. The van der Waals surface area contributed by atoms with Crippen molar-refractivity contribution in [2.75, 3.05) is 26.2 Å². The van der Waals surface area contributed by atoms with Gasteiger partial charge >= 0.3 is 11.8 Å². The third-order valence-corrected chi connectivity index (χ3v) is 3.62. The zero-order valence-electron chi connectivity index (χ0n) is 12.0. The smallest absolute Gasteiger partial charge is 0.309 e. The molecule has 1 unspecified atom stereocenters. The third-order valence-electron chi connectivity index (χ3n) is 3.48. The van der Waals surface area contributed by atoms with Crippen LogP contribution in [-0.2, 0) is 9.59 Å². The maximum atomic E-state index is 11.5. The maximum Gasteiger partial charge on any atom is 0.309 e. The summed E-state index contributed by atoms with van der Waals surface area (Å²) in [6.07, 6.45) is 4.64. The number of rotatable bonds is 6. The van der Waals surface area contributed by atoms with Gasteiger partial charge in [0.1, 0.15) is 0 Å². The molecule has 7 heteroatoms. The Bertz CT molecular complexity index is 362. The molecule has 0 aliphatic carbocycles. The van der Waals surface area contributed by atoms with E-state index < -0.39 is 11.8 Å². The average Bonchev–Trinajstić information content (AvgIpc) is 2.42. The first-order valence-electron chi connectivity index (χ1n) is 7.09. The van der Waals surface area contributed by atoms with Crippen molar-refractivity contribution < 1.29 is 9.59 Å². The largest absolute Gasteiger partial charge is 0.392 e. The molecule has 0 radical (unpaired) electrons. The average molecular weight is 300 g/mol. The zero-order chi connectivity index (χ0) is 15.0. The number of hydrogen-bond donors (Lipinski definition) is 3. The Morgan fingerprint density at radius 3 is 2.65 bits per heavy atom. The number of nitrogens with one attached hydrogen (secondary N) is 2. The molecule has 2 amide bonds. The predicted octanol–water partition coefficient (Wildman–Crippen LogP) is -0.231. The van der Waals surface area contributed by atoms with Gasteiger partial charge < -0.3 is 21.3 Å². The van der Waals surface area contributed by atoms with Gasteiger partial charge in [0.15, 0.2) is 0 Å². The van der Waals surface area contributed by atoms with Gasteiger partial charge in [0.2, 0.25) is 0 Å². The van der Waals surface area contributed by atoms with Crippen molar-refractivity contribution in [1.29, 1.82) is 0 Å². The number of carbonyl (C=O) groups is 2. The minimum Gasteiger partial charge on any atom is -0.392 e. The Morgan fingerprint density at radius 1 is 1.30 bits per heavy atom. The first-order valence-corrected chi connectivity index (χ1v) is 7.50. The van der Waals surface area contributed by atoms with Gasteiger partial charge in [-0.05, 0) is 32.7 Å². The van der Waals surface area contributed by atoms with Crippen LogP contribution in [0.15, 0.2) is 0 Å². The molecule has 4 N–H and O–H groups in total. The molecule has 0 bridgehead atoms. The number of carbonyl (C=O) groups excluding carboxylic acids is 2. The maximum absolute atomic E-state index is 11.5. The fraction of sp³-hybridized carbons (Fsp3) is 0.769. The summed E-state index contributed by atoms with van der Waals surface area (Å²) in [6.45, 7) is 4.87. The summed E-state index contributed by atoms with van der Waals surface area (Å²) in [6, 6.07) is 0.619. The Hall–Kier alpha value is -1.21. The number of thiocarbonyl (C=S) groups is 1. The second-order valence-electron chi connectivity index (χ2n) is 5.14. The first-order chi connectivity index (χ1) is 9.50. The molecule has 1 rings (SSSR count). The SMILES string of the molecule is CC1CCCCN1CCCNC(=O)C(=O)NCC(N)=S. The van der Waals surface area contributed by atoms with Crippen molar-refractivity contribution in [3.63, 3.8) is 0 Å². The molecule has 0 saturated carbocycles. The van der Waals surface area contributed by atoms with E-state index in [0.717, 1.165) is 19.5 Å². The minimum atomic E-state index is -0.691. The van der Waals surface area contributed by atoms with Crippen LogP contribution in [0.5, 0.6) is 0 Å². The van der Waals surface area contributed by atoms with E-state index in [1.54, 1.807) is 0 Å². The molecule has 1 saturated heterocycles. The second-order valence-corrected chi connectivity index (χ2v) is 5.66. The molecule has 6 nitrogen and oxygen atoms in total. The number of likely N-dealkylation sites (tertiary alicyclic amines) is 1. The lowest BCUT2D eigenvalue weighted by molar-refractivity contribution is -0.139. The standard InChI is InChI=1S/C13H24N4O2S/c1-10-5-2-3-7-17(10)8-4-6-15-12(18)13(19)16-9-11(14)20/h10H,2-9H2,1H3,(H2,14,20)(H,15,18)(H,16,19). The number of hydrogen-bond acceptors (Lipinski definition) is 4. The van der Waals surface area contributed by atoms with E-state index in [4.69, 9.17) is 5.73 Å². The van der Waals surface area contributed by atoms with E-state index in [1.165, 1.54) is 19.3 Å². The first kappa shape index (κ1) is 16.8. The van der Waals surface area contributed by atoms with Crippen molar-refractivity contribution in [3.8, 4) is 0 Å². The summed E-state index contributed by atoms with van der Waals surface area (Å²) in [7, 11) is 0. The molecule has 1 fully saturated rings. The molecule has 1 heterocycles. The van der Waals surface area contributed by atoms with Gasteiger partial charge in [0.25, 0.3) is 0 Å². The number of piperidine rings is 1. The van der Waals surface area contributed by atoms with Gasteiger partial charge in [-0.15, -0.1) is 0 Å². The fourth-order valence-electron chi connectivity index (χ4n) is 2.30. The molecule has 1 aliphatic rings. The van der Waals surface area contributed by atoms with E-state index in [2.05, 4.69) is 34.7 Å². The van der Waals surface area contributed by atoms with Crippen LogP contribution in [-0.4, -0.2) is 53.9 Å². The molecule has 0 aromatic carbocycles. The molecule has 114 valence electrons. The van der Waals surface area contributed by atoms with E-state index in [0.29, 0.717) is 12.6 Å². The van der Waals surface area contributed by atoms with Crippen LogP contribution >= 0.6 is 12.2 Å². The summed E-state index contributed by atoms with van der Waals surface area (Å²) in [5.41, 5.74) is 5.24. The lowest BCUT2D eigenvalue weighted by atomic mass is 10.0. The van der Waals surface area contributed by atoms with Crippen molar-refractivity contribution in [3.05, 3.63) is 0 Å². The van der Waals surface area contributed by atoms with Gasteiger partial charge in [0.05, 0.1) is 11.5 Å². The summed E-state index contributed by atoms with van der Waals surface area (Å²) in [5, 5.41) is 4.95. The lowest BCUT2D eigenvalue weighted by Gasteiger charge is -2.33. The molecule has 1 aliphatic heterocycles. The number of nitrogens with two attached hydrogens (primary N) is 1. The highest BCUT2D eigenvalue weighted by atomic mass is 32.1. The topological polar surface area (TPSA) is 87.5 Å². The van der Waals surface area contributed by atoms with Crippen molar-refractivity contribution in [1.82, 2.24) is 15.5 Å². The molecule has 1 atom stereocenters. The van der Waals surface area contributed by atoms with Crippen LogP contribution in [0.25, 0.3) is 0 Å². The van der Waals surface area contributed by atoms with Crippen LogP contribution in [0.4, 0.5) is 0 Å². The molecule has 0 spiro atoms. The summed E-state index contributed by atoms with van der Waals surface area (Å²) in [4.78, 5) is 25.4. The van der Waals surface area contributed by atoms with Gasteiger partial charge in [-0.3, -0.25) is 9.59 Å². The van der Waals surface area contributed by atoms with Crippen molar-refractivity contribution in [2.45, 2.75) is 38.6 Å². The van der Waals surface area contributed by atoms with Gasteiger partial charge in [-0.2, -0.15) is 0 Å². The van der Waals surface area contributed by atoms with Crippen LogP contribution in [0.3, 0.4) is 0 Å². The van der Waals surface area contributed by atoms with Crippen LogP contribution < -0.4 is 16.4 Å². The second kappa shape index (κ2) is 8.86. The summed E-state index contributed by atoms with van der Waals surface area (Å²) >= 11 is 4.62. The van der Waals surface area contributed by atoms with E-state index in [1.807, 2.05) is 0 Å². The fourth-order valence-corrected chi connectivity index (χ4v) is 2.37. The van der Waals surface area contributed by atoms with Gasteiger partial charge in [0, 0.05) is 19.1 Å². The minimum absolute atomic E-state index is 0.0485. The Balaban J connectivity index is 2.12. The predicted molar refractivity (Wildman–Crippen MR) is 82.3 cm³/mol. The third kappa shape index (κ3) is 6.29. The normalized spacial score (nSPS) is 19.4. The highest BCUT2D eigenvalue weighted by Gasteiger charge is 2.17. The van der Waals surface area contributed by atoms with Crippen molar-refractivity contribution in [2.24, 2.45) is 5.73 Å². The van der Waals surface area contributed by atoms with Gasteiger partial charge in [-0.1, -0.05) is 18.6 Å². The quantitative estimate of drug-likeness (QED) is 0.358. The van der Waals surface area contributed by atoms with E-state index >= 15 is 0 Å².